The van der Waals surface area contributed by atoms with Crippen LogP contribution >= 0.6 is 27.7 Å². The second kappa shape index (κ2) is 5.77. The monoisotopic (exact) mass is 352 g/mol. The molecular weight excluding hydrogens is 336 g/mol. The minimum atomic E-state index is 0.807. The lowest BCUT2D eigenvalue weighted by molar-refractivity contribution is 0.591. The van der Waals surface area contributed by atoms with Gasteiger partial charge >= 0.3 is 0 Å². The number of hydrogen-bond donors (Lipinski definition) is 1. The van der Waals surface area contributed by atoms with E-state index in [0.717, 1.165) is 44.6 Å². The molecule has 0 unspecified atom stereocenters. The minimum Gasteiger partial charge on any atom is -0.398 e. The fraction of sp³-hybridized carbons (Fsp3) is 0.429. The zero-order valence-corrected chi connectivity index (χ0v) is 13.8. The predicted octanol–water partition coefficient (Wildman–Crippen LogP) is 3.81. The number of aromatic nitrogens is 3. The van der Waals surface area contributed by atoms with Crippen molar-refractivity contribution in [2.45, 2.75) is 49.2 Å². The fourth-order valence-electron chi connectivity index (χ4n) is 2.38. The molecule has 20 heavy (non-hydrogen) atoms. The van der Waals surface area contributed by atoms with Crippen LogP contribution in [-0.4, -0.2) is 14.8 Å². The molecule has 1 aromatic heterocycles. The summed E-state index contributed by atoms with van der Waals surface area (Å²) in [6.45, 7) is 3.05. The molecule has 0 radical (unpaired) electrons. The van der Waals surface area contributed by atoms with E-state index in [1.54, 1.807) is 11.8 Å². The first kappa shape index (κ1) is 13.9. The standard InChI is InChI=1S/C14H17BrN4S/c1-9-7-12(10(15)8-11(9)16)20-14-18-17-13-5-3-2-4-6-19(13)14/h7-8H,2-6,16H2,1H3. The summed E-state index contributed by atoms with van der Waals surface area (Å²) >= 11 is 5.23. The maximum atomic E-state index is 5.92. The van der Waals surface area contributed by atoms with E-state index in [4.69, 9.17) is 5.73 Å². The van der Waals surface area contributed by atoms with E-state index >= 15 is 0 Å². The van der Waals surface area contributed by atoms with Crippen molar-refractivity contribution in [3.63, 3.8) is 0 Å². The van der Waals surface area contributed by atoms with E-state index in [-0.39, 0.29) is 0 Å². The number of aryl methyl sites for hydroxylation is 2. The van der Waals surface area contributed by atoms with Crippen LogP contribution in [0.5, 0.6) is 0 Å². The molecule has 0 spiro atoms. The maximum Gasteiger partial charge on any atom is 0.196 e. The molecule has 0 amide bonds. The molecule has 2 heterocycles. The van der Waals surface area contributed by atoms with Crippen molar-refractivity contribution in [1.82, 2.24) is 14.8 Å². The van der Waals surface area contributed by atoms with Gasteiger partial charge in [-0.25, -0.2) is 0 Å². The topological polar surface area (TPSA) is 56.7 Å². The lowest BCUT2D eigenvalue weighted by Gasteiger charge is -2.09. The summed E-state index contributed by atoms with van der Waals surface area (Å²) in [7, 11) is 0. The highest BCUT2D eigenvalue weighted by molar-refractivity contribution is 9.10. The first-order chi connectivity index (χ1) is 9.65. The normalized spacial score (nSPS) is 14.9. The molecule has 0 fully saturated rings. The molecule has 6 heteroatoms. The van der Waals surface area contributed by atoms with Crippen LogP contribution in [0.3, 0.4) is 0 Å². The molecule has 0 bridgehead atoms. The Morgan fingerprint density at radius 2 is 2.10 bits per heavy atom. The molecule has 3 rings (SSSR count). The third kappa shape index (κ3) is 2.72. The van der Waals surface area contributed by atoms with Crippen LogP contribution in [0.25, 0.3) is 0 Å². The molecule has 0 atom stereocenters. The van der Waals surface area contributed by atoms with Crippen molar-refractivity contribution in [1.29, 1.82) is 0 Å². The van der Waals surface area contributed by atoms with Gasteiger partial charge in [0.1, 0.15) is 5.82 Å². The summed E-state index contributed by atoms with van der Waals surface area (Å²) in [6.07, 6.45) is 4.74. The van der Waals surface area contributed by atoms with Crippen molar-refractivity contribution in [2.24, 2.45) is 0 Å². The predicted molar refractivity (Wildman–Crippen MR) is 85.0 cm³/mol. The van der Waals surface area contributed by atoms with Crippen molar-refractivity contribution >= 4 is 33.4 Å². The molecule has 1 aliphatic heterocycles. The third-order valence-electron chi connectivity index (χ3n) is 3.60. The zero-order valence-electron chi connectivity index (χ0n) is 11.4. The van der Waals surface area contributed by atoms with Crippen LogP contribution in [0.1, 0.15) is 30.7 Å². The number of nitrogens with two attached hydrogens (primary N) is 1. The minimum absolute atomic E-state index is 0.807. The fourth-order valence-corrected chi connectivity index (χ4v) is 3.96. The molecule has 2 aromatic rings. The van der Waals surface area contributed by atoms with Crippen LogP contribution in [0, 0.1) is 6.92 Å². The Bertz CT molecular complexity index is 638. The molecule has 0 saturated heterocycles. The SMILES string of the molecule is Cc1cc(Sc2nnc3n2CCCCC3)c(Br)cc1N. The molecule has 1 aliphatic rings. The van der Waals surface area contributed by atoms with Crippen LogP contribution in [-0.2, 0) is 13.0 Å². The van der Waals surface area contributed by atoms with E-state index < -0.39 is 0 Å². The zero-order chi connectivity index (χ0) is 14.1. The Morgan fingerprint density at radius 1 is 1.25 bits per heavy atom. The van der Waals surface area contributed by atoms with E-state index in [1.807, 2.05) is 13.0 Å². The van der Waals surface area contributed by atoms with Gasteiger partial charge in [0.2, 0.25) is 0 Å². The smallest absolute Gasteiger partial charge is 0.196 e. The Labute approximate surface area is 131 Å². The number of hydrogen-bond acceptors (Lipinski definition) is 4. The first-order valence-electron chi connectivity index (χ1n) is 6.80. The van der Waals surface area contributed by atoms with Crippen LogP contribution < -0.4 is 5.73 Å². The molecule has 0 saturated carbocycles. The van der Waals surface area contributed by atoms with Gasteiger partial charge in [0.25, 0.3) is 0 Å². The van der Waals surface area contributed by atoms with Gasteiger partial charge < -0.3 is 10.3 Å². The quantitative estimate of drug-likeness (QED) is 0.835. The van der Waals surface area contributed by atoms with Gasteiger partial charge in [-0.3, -0.25) is 0 Å². The summed E-state index contributed by atoms with van der Waals surface area (Å²) in [5.41, 5.74) is 7.82. The van der Waals surface area contributed by atoms with Gasteiger partial charge in [-0.15, -0.1) is 10.2 Å². The van der Waals surface area contributed by atoms with Crippen LogP contribution in [0.15, 0.2) is 26.7 Å². The molecule has 106 valence electrons. The van der Waals surface area contributed by atoms with Crippen molar-refractivity contribution < 1.29 is 0 Å². The third-order valence-corrected chi connectivity index (χ3v) is 5.56. The maximum absolute atomic E-state index is 5.92. The highest BCUT2D eigenvalue weighted by atomic mass is 79.9. The second-order valence-corrected chi connectivity index (χ2v) is 6.97. The Morgan fingerprint density at radius 3 is 2.95 bits per heavy atom. The van der Waals surface area contributed by atoms with E-state index in [0.29, 0.717) is 0 Å². The Kier molecular flexibility index (Phi) is 4.03. The number of nitrogen functional groups attached to an aromatic ring is 1. The summed E-state index contributed by atoms with van der Waals surface area (Å²) < 4.78 is 3.27. The highest BCUT2D eigenvalue weighted by Crippen LogP contribution is 2.36. The first-order valence-corrected chi connectivity index (χ1v) is 8.41. The summed E-state index contributed by atoms with van der Waals surface area (Å²) in [5, 5.41) is 9.66. The van der Waals surface area contributed by atoms with Gasteiger partial charge in [-0.1, -0.05) is 6.42 Å². The number of nitrogens with zero attached hydrogens (tertiary/aromatic N) is 3. The summed E-state index contributed by atoms with van der Waals surface area (Å²) in [6, 6.07) is 4.06. The summed E-state index contributed by atoms with van der Waals surface area (Å²) in [4.78, 5) is 1.14. The number of anilines is 1. The average molecular weight is 353 g/mol. The molecule has 2 N–H and O–H groups in total. The van der Waals surface area contributed by atoms with Crippen LogP contribution in [0.4, 0.5) is 5.69 Å². The Balaban J connectivity index is 1.92. The van der Waals surface area contributed by atoms with Gasteiger partial charge in [0.15, 0.2) is 5.16 Å². The molecular formula is C14H17BrN4S. The lowest BCUT2D eigenvalue weighted by Crippen LogP contribution is -2.02. The van der Waals surface area contributed by atoms with Crippen molar-refractivity contribution in [2.75, 3.05) is 5.73 Å². The summed E-state index contributed by atoms with van der Waals surface area (Å²) in [5.74, 6) is 1.12. The second-order valence-electron chi connectivity index (χ2n) is 5.10. The molecule has 1 aromatic carbocycles. The number of benzene rings is 1. The van der Waals surface area contributed by atoms with Gasteiger partial charge in [0, 0.05) is 28.0 Å². The molecule has 0 aliphatic carbocycles. The number of fused-ring (bicyclic) bond motifs is 1. The van der Waals surface area contributed by atoms with Crippen molar-refractivity contribution in [3.8, 4) is 0 Å². The van der Waals surface area contributed by atoms with E-state index in [2.05, 4.69) is 36.8 Å². The highest BCUT2D eigenvalue weighted by Gasteiger charge is 2.16. The number of halogens is 1. The molecule has 4 nitrogen and oxygen atoms in total. The largest absolute Gasteiger partial charge is 0.398 e. The van der Waals surface area contributed by atoms with E-state index in [9.17, 15) is 0 Å². The van der Waals surface area contributed by atoms with Gasteiger partial charge in [0.05, 0.1) is 0 Å². The van der Waals surface area contributed by atoms with Crippen LogP contribution in [0.2, 0.25) is 0 Å². The average Bonchev–Trinajstić information content (AvgIpc) is 2.65. The van der Waals surface area contributed by atoms with Crippen molar-refractivity contribution in [3.05, 3.63) is 28.0 Å². The lowest BCUT2D eigenvalue weighted by atomic mass is 10.2. The number of rotatable bonds is 2. The van der Waals surface area contributed by atoms with Gasteiger partial charge in [-0.05, 0) is 65.2 Å². The Hall–Kier alpha value is -1.01. The van der Waals surface area contributed by atoms with E-state index in [1.165, 1.54) is 19.3 Å². The van der Waals surface area contributed by atoms with Gasteiger partial charge in [-0.2, -0.15) is 0 Å².